The Hall–Kier alpha value is 2.02. The van der Waals surface area contributed by atoms with Crippen LogP contribution in [0.1, 0.15) is 0 Å². The summed E-state index contributed by atoms with van der Waals surface area (Å²) in [4.78, 5) is 0. The first-order valence-electron chi connectivity index (χ1n) is 0. The summed E-state index contributed by atoms with van der Waals surface area (Å²) >= 11 is 0. The second-order valence-corrected chi connectivity index (χ2v) is 0. The molecule has 0 aliphatic heterocycles. The largest absolute Gasteiger partial charge is 0.412 e. The predicted octanol–water partition coefficient (Wildman–Crippen LogP) is -0.832. The second-order valence-electron chi connectivity index (χ2n) is 0. The molecule has 0 aliphatic rings. The Labute approximate surface area is 68.0 Å². The summed E-state index contributed by atoms with van der Waals surface area (Å²) in [5, 5.41) is 0. The predicted molar refractivity (Wildman–Crippen MR) is 3.61 cm³/mol. The van der Waals surface area contributed by atoms with E-state index in [1.165, 1.54) is 0 Å². The molecule has 0 bridgehead atoms. The minimum Gasteiger partial charge on any atom is -0.412 e. The fourth-order valence-electron chi connectivity index (χ4n) is 0. The number of hydrogen-bond donors (Lipinski definition) is 0. The molecule has 0 spiro atoms. The van der Waals surface area contributed by atoms with Crippen LogP contribution in [0, 0.1) is 0 Å². The van der Waals surface area contributed by atoms with Crippen molar-refractivity contribution in [2.75, 3.05) is 0 Å². The van der Waals surface area contributed by atoms with E-state index in [9.17, 15) is 0 Å². The van der Waals surface area contributed by atoms with Crippen LogP contribution in [0.3, 0.4) is 0 Å². The van der Waals surface area contributed by atoms with Crippen molar-refractivity contribution in [2.24, 2.45) is 0 Å². The van der Waals surface area contributed by atoms with Gasteiger partial charge in [-0.15, -0.1) is 0 Å². The van der Waals surface area contributed by atoms with E-state index in [0.29, 0.717) is 0 Å². The van der Waals surface area contributed by atoms with Crippen LogP contribution < -0.4 is 0 Å². The summed E-state index contributed by atoms with van der Waals surface area (Å²) in [5.74, 6) is 0. The zero-order valence-corrected chi connectivity index (χ0v) is 10.5. The fraction of sp³-hybridized carbons (Fsp3) is 0. The molecule has 0 aromatic carbocycles. The van der Waals surface area contributed by atoms with Gasteiger partial charge in [-0.1, -0.05) is 0 Å². The Bertz CT molecular complexity index is 3.25. The maximum Gasteiger partial charge on any atom is 0 e. The Balaban J connectivity index is 0. The summed E-state index contributed by atoms with van der Waals surface area (Å²) in [5.41, 5.74) is 0. The zero-order valence-electron chi connectivity index (χ0n) is 1.72. The molecule has 4 heteroatoms. The van der Waals surface area contributed by atoms with E-state index in [0.717, 1.165) is 0 Å². The number of hydrogen-bond acceptors (Lipinski definition) is 0. The van der Waals surface area contributed by atoms with E-state index in [-0.39, 0.29) is 68.7 Å². The molecule has 1 nitrogen and oxygen atoms in total. The molecule has 0 aromatic heterocycles. The van der Waals surface area contributed by atoms with Gasteiger partial charge in [-0.2, -0.15) is 0 Å². The summed E-state index contributed by atoms with van der Waals surface area (Å²) in [6, 6.07) is 0. The van der Waals surface area contributed by atoms with Gasteiger partial charge in [0.05, 0.1) is 0 Å². The van der Waals surface area contributed by atoms with Crippen molar-refractivity contribution in [3.05, 3.63) is 0 Å². The molecule has 0 aliphatic carbocycles. The molecule has 0 amide bonds. The third-order valence-electron chi connectivity index (χ3n) is 0. The van der Waals surface area contributed by atoms with Gasteiger partial charge in [0.15, 0.2) is 0 Å². The summed E-state index contributed by atoms with van der Waals surface area (Å²) < 4.78 is 0. The van der Waals surface area contributed by atoms with E-state index in [1.807, 2.05) is 0 Å². The molecular formula is H2OW3. The van der Waals surface area contributed by atoms with Crippen molar-refractivity contribution in [3.63, 3.8) is 0 Å². The van der Waals surface area contributed by atoms with Crippen LogP contribution in [0.2, 0.25) is 0 Å². The van der Waals surface area contributed by atoms with Gasteiger partial charge in [0.1, 0.15) is 0 Å². The molecule has 0 radical (unpaired) electrons. The summed E-state index contributed by atoms with van der Waals surface area (Å²) in [7, 11) is 0. The molecule has 4 heavy (non-hydrogen) atoms. The van der Waals surface area contributed by atoms with Crippen LogP contribution in [0.25, 0.3) is 0 Å². The van der Waals surface area contributed by atoms with Gasteiger partial charge in [-0.25, -0.2) is 0 Å². The zero-order chi connectivity index (χ0) is 0. The van der Waals surface area contributed by atoms with E-state index < -0.39 is 0 Å². The minimum absolute atomic E-state index is 0. The van der Waals surface area contributed by atoms with Crippen LogP contribution in [0.15, 0.2) is 0 Å². The van der Waals surface area contributed by atoms with Crippen LogP contribution in [0.4, 0.5) is 0 Å². The average molecular weight is 570 g/mol. The van der Waals surface area contributed by atoms with Crippen molar-refractivity contribution in [1.82, 2.24) is 0 Å². The van der Waals surface area contributed by atoms with Crippen molar-refractivity contribution in [3.8, 4) is 0 Å². The molecule has 2 N–H and O–H groups in total. The molecule has 0 saturated heterocycles. The van der Waals surface area contributed by atoms with Gasteiger partial charge >= 0.3 is 0 Å². The van der Waals surface area contributed by atoms with Crippen LogP contribution in [0.5, 0.6) is 0 Å². The Morgan fingerprint density at radius 1 is 0.500 bits per heavy atom. The van der Waals surface area contributed by atoms with Gasteiger partial charge in [0, 0.05) is 63.2 Å². The van der Waals surface area contributed by atoms with Crippen LogP contribution >= 0.6 is 0 Å². The maximum absolute atomic E-state index is 0. The topological polar surface area (TPSA) is 31.5 Å². The van der Waals surface area contributed by atoms with Gasteiger partial charge < -0.3 is 5.48 Å². The van der Waals surface area contributed by atoms with Gasteiger partial charge in [-0.05, 0) is 0 Å². The third-order valence-corrected chi connectivity index (χ3v) is 0. The Morgan fingerprint density at radius 2 is 0.500 bits per heavy atom. The molecule has 26 valence electrons. The monoisotopic (exact) mass is 570 g/mol. The van der Waals surface area contributed by atoms with E-state index in [4.69, 9.17) is 0 Å². The molecular weight excluding hydrogens is 568 g/mol. The maximum atomic E-state index is 0. The first-order chi connectivity index (χ1) is 0. The van der Waals surface area contributed by atoms with Gasteiger partial charge in [0.2, 0.25) is 0 Å². The third kappa shape index (κ3) is 8.98. The normalized spacial score (nSPS) is 0. The molecule has 0 atom stereocenters. The molecule has 0 fully saturated rings. The van der Waals surface area contributed by atoms with E-state index >= 15 is 0 Å². The fourth-order valence-corrected chi connectivity index (χ4v) is 0. The molecule has 0 heterocycles. The standard InChI is InChI=1S/H2O.3W/h1H2;;;. The molecule has 0 saturated carbocycles. The smallest absolute Gasteiger partial charge is 0 e. The van der Waals surface area contributed by atoms with Gasteiger partial charge in [0.25, 0.3) is 0 Å². The Morgan fingerprint density at radius 3 is 0.500 bits per heavy atom. The van der Waals surface area contributed by atoms with Gasteiger partial charge in [-0.3, -0.25) is 0 Å². The first kappa shape index (κ1) is 37.1. The quantitative estimate of drug-likeness (QED) is 0.365. The minimum atomic E-state index is 0. The number of rotatable bonds is 0. The second kappa shape index (κ2) is 19.9. The van der Waals surface area contributed by atoms with E-state index in [2.05, 4.69) is 0 Å². The Kier molecular flexibility index (Phi) is 184. The van der Waals surface area contributed by atoms with Crippen LogP contribution in [-0.2, 0) is 63.2 Å². The SMILES string of the molecule is O.[W].[W].[W]. The first-order valence-corrected chi connectivity index (χ1v) is 0. The van der Waals surface area contributed by atoms with Crippen molar-refractivity contribution >= 4 is 0 Å². The summed E-state index contributed by atoms with van der Waals surface area (Å²) in [6.07, 6.45) is 0. The average Bonchev–Trinajstić information content (AvgIpc) is 0. The van der Waals surface area contributed by atoms with Crippen molar-refractivity contribution in [2.45, 2.75) is 0 Å². The van der Waals surface area contributed by atoms with Crippen molar-refractivity contribution in [1.29, 1.82) is 0 Å². The molecule has 0 unspecified atom stereocenters. The van der Waals surface area contributed by atoms with Crippen molar-refractivity contribution < 1.29 is 68.7 Å². The summed E-state index contributed by atoms with van der Waals surface area (Å²) in [6.45, 7) is 0. The molecule has 0 rings (SSSR count). The van der Waals surface area contributed by atoms with Crippen LogP contribution in [-0.4, -0.2) is 5.48 Å². The van der Waals surface area contributed by atoms with E-state index in [1.54, 1.807) is 0 Å². The molecule has 0 aromatic rings.